The van der Waals surface area contributed by atoms with E-state index >= 15 is 0 Å². The van der Waals surface area contributed by atoms with Crippen LogP contribution in [0.5, 0.6) is 0 Å². The zero-order chi connectivity index (χ0) is 12.8. The van der Waals surface area contributed by atoms with E-state index in [-0.39, 0.29) is 0 Å². The van der Waals surface area contributed by atoms with E-state index in [0.29, 0.717) is 19.8 Å². The highest BCUT2D eigenvalue weighted by Crippen LogP contribution is 2.00. The van der Waals surface area contributed by atoms with Gasteiger partial charge in [-0.05, 0) is 19.3 Å². The molecule has 0 amide bonds. The van der Waals surface area contributed by atoms with Gasteiger partial charge in [0.25, 0.3) is 0 Å². The van der Waals surface area contributed by atoms with Crippen LogP contribution in [0.1, 0.15) is 59.3 Å². The van der Waals surface area contributed by atoms with E-state index in [9.17, 15) is 0 Å². The minimum Gasteiger partial charge on any atom is -0.384 e. The fraction of sp³-hybridized carbons (Fsp3) is 1.00. The first-order valence-electron chi connectivity index (χ1n) is 6.86. The van der Waals surface area contributed by atoms with Gasteiger partial charge in [-0.3, -0.25) is 0 Å². The third-order valence-corrected chi connectivity index (χ3v) is 2.23. The molecule has 0 aliphatic carbocycles. The maximum atomic E-state index is 5.44. The molecule has 0 spiro atoms. The largest absolute Gasteiger partial charge is 0.668 e. The topological polar surface area (TPSA) is 36.9 Å². The smallest absolute Gasteiger partial charge is 0.384 e. The van der Waals surface area contributed by atoms with Crippen molar-refractivity contribution in [3.63, 3.8) is 0 Å². The minimum atomic E-state index is -0.676. The Balaban J connectivity index is 3.60. The molecule has 0 aliphatic rings. The SMILES string of the molecule is CCCCOOB(OCCCC)OCCCC. The maximum absolute atomic E-state index is 5.44. The third kappa shape index (κ3) is 12.2. The van der Waals surface area contributed by atoms with E-state index in [1.54, 1.807) is 0 Å². The molecule has 0 saturated heterocycles. The Labute approximate surface area is 106 Å². The Hall–Kier alpha value is -0.0951. The molecule has 0 aromatic heterocycles. The van der Waals surface area contributed by atoms with Gasteiger partial charge in [-0.2, -0.15) is 0 Å². The molecule has 0 aromatic carbocycles. The van der Waals surface area contributed by atoms with E-state index < -0.39 is 7.32 Å². The van der Waals surface area contributed by atoms with Crippen molar-refractivity contribution in [3.05, 3.63) is 0 Å². The molecule has 0 unspecified atom stereocenters. The van der Waals surface area contributed by atoms with Gasteiger partial charge in [0.15, 0.2) is 0 Å². The summed E-state index contributed by atoms with van der Waals surface area (Å²) >= 11 is 0. The van der Waals surface area contributed by atoms with Crippen molar-refractivity contribution in [2.45, 2.75) is 59.3 Å². The van der Waals surface area contributed by atoms with Crippen molar-refractivity contribution in [2.24, 2.45) is 0 Å². The fourth-order valence-electron chi connectivity index (χ4n) is 1.06. The van der Waals surface area contributed by atoms with Gasteiger partial charge in [-0.1, -0.05) is 40.0 Å². The van der Waals surface area contributed by atoms with Crippen LogP contribution < -0.4 is 0 Å². The lowest BCUT2D eigenvalue weighted by Crippen LogP contribution is -2.28. The van der Waals surface area contributed by atoms with Gasteiger partial charge in [0.1, 0.15) is 0 Å². The summed E-state index contributed by atoms with van der Waals surface area (Å²) in [6.07, 6.45) is 6.27. The molecule has 0 aliphatic heterocycles. The van der Waals surface area contributed by atoms with Crippen molar-refractivity contribution in [3.8, 4) is 0 Å². The van der Waals surface area contributed by atoms with Crippen LogP contribution in [0.15, 0.2) is 0 Å². The lowest BCUT2D eigenvalue weighted by molar-refractivity contribution is -0.241. The predicted octanol–water partition coefficient (Wildman–Crippen LogP) is 3.35. The summed E-state index contributed by atoms with van der Waals surface area (Å²) in [4.78, 5) is 10.1. The minimum absolute atomic E-state index is 0.585. The summed E-state index contributed by atoms with van der Waals surface area (Å²) in [7, 11) is -0.676. The van der Waals surface area contributed by atoms with Crippen LogP contribution in [0.4, 0.5) is 0 Å². The van der Waals surface area contributed by atoms with Crippen LogP contribution in [0, 0.1) is 0 Å². The van der Waals surface area contributed by atoms with Crippen LogP contribution in [0.25, 0.3) is 0 Å². The normalized spacial score (nSPS) is 10.8. The Bertz CT molecular complexity index is 136. The fourth-order valence-corrected chi connectivity index (χ4v) is 1.06. The molecule has 0 heterocycles. The van der Waals surface area contributed by atoms with Gasteiger partial charge < -0.3 is 9.31 Å². The molecule has 5 heteroatoms. The van der Waals surface area contributed by atoms with E-state index in [0.717, 1.165) is 38.5 Å². The van der Waals surface area contributed by atoms with Crippen LogP contribution >= 0.6 is 0 Å². The van der Waals surface area contributed by atoms with Gasteiger partial charge in [0, 0.05) is 13.2 Å². The second-order valence-corrected chi connectivity index (χ2v) is 4.01. The van der Waals surface area contributed by atoms with E-state index in [1.165, 1.54) is 0 Å². The molecule has 0 rings (SSSR count). The highest BCUT2D eigenvalue weighted by atomic mass is 17.2. The molecule has 102 valence electrons. The highest BCUT2D eigenvalue weighted by molar-refractivity contribution is 6.35. The second-order valence-electron chi connectivity index (χ2n) is 4.01. The molecule has 0 bridgehead atoms. The van der Waals surface area contributed by atoms with E-state index in [4.69, 9.17) is 19.0 Å². The molecule has 0 fully saturated rings. The monoisotopic (exact) mass is 246 g/mol. The summed E-state index contributed by atoms with van der Waals surface area (Å²) in [5.74, 6) is 0. The molecule has 0 N–H and O–H groups in total. The van der Waals surface area contributed by atoms with Crippen LogP contribution in [-0.4, -0.2) is 27.1 Å². The Morgan fingerprint density at radius 2 is 1.18 bits per heavy atom. The quantitative estimate of drug-likeness (QED) is 0.216. The number of hydrogen-bond donors (Lipinski definition) is 0. The van der Waals surface area contributed by atoms with Crippen molar-refractivity contribution in [2.75, 3.05) is 19.8 Å². The molecule has 0 saturated carbocycles. The van der Waals surface area contributed by atoms with Crippen molar-refractivity contribution in [1.82, 2.24) is 0 Å². The van der Waals surface area contributed by atoms with Crippen molar-refractivity contribution >= 4 is 7.32 Å². The maximum Gasteiger partial charge on any atom is 0.668 e. The van der Waals surface area contributed by atoms with Gasteiger partial charge in [0.05, 0.1) is 6.61 Å². The zero-order valence-electron chi connectivity index (χ0n) is 11.6. The van der Waals surface area contributed by atoms with Crippen LogP contribution in [0.2, 0.25) is 0 Å². The standard InChI is InChI=1S/C12H27BO4/c1-4-7-10-14-13(15-11-8-5-2)17-16-12-9-6-3/h4-12H2,1-3H3. The molecular weight excluding hydrogens is 219 g/mol. The van der Waals surface area contributed by atoms with Crippen molar-refractivity contribution in [1.29, 1.82) is 0 Å². The molecule has 4 nitrogen and oxygen atoms in total. The Kier molecular flexibility index (Phi) is 13.9. The van der Waals surface area contributed by atoms with E-state index in [1.807, 2.05) is 0 Å². The lowest BCUT2D eigenvalue weighted by Gasteiger charge is -2.13. The molecule has 0 atom stereocenters. The summed E-state index contributed by atoms with van der Waals surface area (Å²) in [5.41, 5.74) is 0. The summed E-state index contributed by atoms with van der Waals surface area (Å²) in [5, 5.41) is 0. The van der Waals surface area contributed by atoms with Crippen LogP contribution in [0.3, 0.4) is 0 Å². The number of rotatable bonds is 13. The Morgan fingerprint density at radius 1 is 0.706 bits per heavy atom. The highest BCUT2D eigenvalue weighted by Gasteiger charge is 2.22. The van der Waals surface area contributed by atoms with Gasteiger partial charge in [-0.15, -0.1) is 0 Å². The zero-order valence-corrected chi connectivity index (χ0v) is 11.6. The summed E-state index contributed by atoms with van der Waals surface area (Å²) < 4.78 is 10.9. The number of unbranched alkanes of at least 4 members (excludes halogenated alkanes) is 3. The first-order chi connectivity index (χ1) is 8.35. The number of hydrogen-bond acceptors (Lipinski definition) is 4. The van der Waals surface area contributed by atoms with Gasteiger partial charge >= 0.3 is 7.32 Å². The Morgan fingerprint density at radius 3 is 1.65 bits per heavy atom. The average molecular weight is 246 g/mol. The lowest BCUT2D eigenvalue weighted by atomic mass is 10.2. The first-order valence-corrected chi connectivity index (χ1v) is 6.86. The summed E-state index contributed by atoms with van der Waals surface area (Å²) in [6, 6.07) is 0. The van der Waals surface area contributed by atoms with E-state index in [2.05, 4.69) is 20.8 Å². The average Bonchev–Trinajstić information content (AvgIpc) is 2.34. The molecule has 17 heavy (non-hydrogen) atoms. The molecule has 0 radical (unpaired) electrons. The molecule has 0 aromatic rings. The second kappa shape index (κ2) is 14.0. The third-order valence-electron chi connectivity index (χ3n) is 2.23. The van der Waals surface area contributed by atoms with Crippen molar-refractivity contribution < 1.29 is 19.0 Å². The van der Waals surface area contributed by atoms with Crippen LogP contribution in [-0.2, 0) is 19.0 Å². The molecular formula is C12H27BO4. The van der Waals surface area contributed by atoms with Gasteiger partial charge in [-0.25, -0.2) is 9.69 Å². The first kappa shape index (κ1) is 16.9. The summed E-state index contributed by atoms with van der Waals surface area (Å²) in [6.45, 7) is 8.22. The predicted molar refractivity (Wildman–Crippen MR) is 69.4 cm³/mol. The van der Waals surface area contributed by atoms with Gasteiger partial charge in [0.2, 0.25) is 0 Å².